The Kier molecular flexibility index (Phi) is 6.30. The van der Waals surface area contributed by atoms with Gasteiger partial charge in [-0.15, -0.1) is 0 Å². The second-order valence-electron chi connectivity index (χ2n) is 9.60. The van der Waals surface area contributed by atoms with E-state index >= 15 is 0 Å². The zero-order chi connectivity index (χ0) is 24.5. The second kappa shape index (κ2) is 9.05. The average Bonchev–Trinajstić information content (AvgIpc) is 3.59. The van der Waals surface area contributed by atoms with Crippen molar-refractivity contribution in [3.63, 3.8) is 0 Å². The lowest BCUT2D eigenvalue weighted by Gasteiger charge is -2.21. The Hall–Kier alpha value is -3.47. The largest absolute Gasteiger partial charge is 0.326 e. The van der Waals surface area contributed by atoms with Gasteiger partial charge in [-0.1, -0.05) is 42.5 Å². The zero-order valence-corrected chi connectivity index (χ0v) is 20.2. The summed E-state index contributed by atoms with van der Waals surface area (Å²) >= 11 is 0. The molecule has 0 aromatic heterocycles. The lowest BCUT2D eigenvalue weighted by atomic mass is 10.0. The number of hydrogen-bond acceptors (Lipinski definition) is 4. The van der Waals surface area contributed by atoms with E-state index in [0.29, 0.717) is 16.8 Å². The molecule has 1 fully saturated rings. The van der Waals surface area contributed by atoms with E-state index in [2.05, 4.69) is 16.1 Å². The molecule has 3 aromatic carbocycles. The molecule has 7 heteroatoms. The minimum atomic E-state index is -3.71. The number of amides is 1. The van der Waals surface area contributed by atoms with Crippen molar-refractivity contribution in [1.82, 2.24) is 4.72 Å². The lowest BCUT2D eigenvalue weighted by Crippen LogP contribution is -2.40. The van der Waals surface area contributed by atoms with Crippen LogP contribution in [0.15, 0.2) is 77.7 Å². The monoisotopic (exact) mass is 473 g/mol. The molecule has 0 unspecified atom stereocenters. The van der Waals surface area contributed by atoms with Gasteiger partial charge in [-0.3, -0.25) is 4.79 Å². The number of carbonyl (C=O) groups is 1. The molecule has 0 radical (unpaired) electrons. The molecule has 0 heterocycles. The molecule has 4 rings (SSSR count). The van der Waals surface area contributed by atoms with Crippen LogP contribution in [0.25, 0.3) is 11.1 Å². The quantitative estimate of drug-likeness (QED) is 0.524. The summed E-state index contributed by atoms with van der Waals surface area (Å²) in [6, 6.07) is 23.6. The Balaban J connectivity index is 1.48. The highest BCUT2D eigenvalue weighted by Gasteiger charge is 2.44. The highest BCUT2D eigenvalue weighted by molar-refractivity contribution is 7.89. The molecular formula is C27H27N3O3S. The first-order valence-electron chi connectivity index (χ1n) is 11.1. The minimum absolute atomic E-state index is 0.0579. The van der Waals surface area contributed by atoms with Crippen LogP contribution in [0.4, 0.5) is 5.69 Å². The second-order valence-corrected chi connectivity index (χ2v) is 11.3. The standard InChI is InChI=1S/C27H27N3O3S/c1-27(2,3)30-34(32,33)25-10-5-4-9-22(25)19-11-13-21(14-12-19)29-26(31)24-16-23(24)20-8-6-7-18(15-20)17-28/h4-15,23-24,30H,16H2,1-3H3,(H,29,31)/t23-,24+/m0/s1. The Morgan fingerprint density at radius 1 is 1.00 bits per heavy atom. The first-order chi connectivity index (χ1) is 16.1. The number of sulfonamides is 1. The van der Waals surface area contributed by atoms with E-state index in [1.807, 2.05) is 30.3 Å². The molecule has 0 saturated heterocycles. The van der Waals surface area contributed by atoms with Crippen molar-refractivity contribution >= 4 is 21.6 Å². The predicted molar refractivity (Wildman–Crippen MR) is 133 cm³/mol. The van der Waals surface area contributed by atoms with E-state index in [0.717, 1.165) is 17.5 Å². The molecule has 0 bridgehead atoms. The van der Waals surface area contributed by atoms with Crippen LogP contribution in [0.1, 0.15) is 44.2 Å². The van der Waals surface area contributed by atoms with Crippen LogP contribution >= 0.6 is 0 Å². The molecule has 1 aliphatic rings. The highest BCUT2D eigenvalue weighted by atomic mass is 32.2. The van der Waals surface area contributed by atoms with Gasteiger partial charge in [0.15, 0.2) is 0 Å². The van der Waals surface area contributed by atoms with Crippen LogP contribution in [-0.4, -0.2) is 19.9 Å². The lowest BCUT2D eigenvalue weighted by molar-refractivity contribution is -0.117. The van der Waals surface area contributed by atoms with Crippen molar-refractivity contribution in [2.24, 2.45) is 5.92 Å². The van der Waals surface area contributed by atoms with E-state index in [1.165, 1.54) is 0 Å². The van der Waals surface area contributed by atoms with Gasteiger partial charge in [-0.25, -0.2) is 13.1 Å². The van der Waals surface area contributed by atoms with Gasteiger partial charge in [0.1, 0.15) is 0 Å². The summed E-state index contributed by atoms with van der Waals surface area (Å²) in [4.78, 5) is 12.9. The smallest absolute Gasteiger partial charge is 0.241 e. The number of nitrogens with one attached hydrogen (secondary N) is 2. The normalized spacial score (nSPS) is 17.6. The van der Waals surface area contributed by atoms with Gasteiger partial charge >= 0.3 is 0 Å². The number of nitrogens with zero attached hydrogens (tertiary/aromatic N) is 1. The predicted octanol–water partition coefficient (Wildman–Crippen LogP) is 5.04. The molecule has 3 aromatic rings. The Bertz CT molecular complexity index is 1370. The maximum atomic E-state index is 12.9. The Labute approximate surface area is 200 Å². The number of benzene rings is 3. The number of anilines is 1. The van der Waals surface area contributed by atoms with Crippen molar-refractivity contribution in [2.75, 3.05) is 5.32 Å². The SMILES string of the molecule is CC(C)(C)NS(=O)(=O)c1ccccc1-c1ccc(NC(=O)[C@@H]2C[C@H]2c2cccc(C#N)c2)cc1. The minimum Gasteiger partial charge on any atom is -0.326 e. The van der Waals surface area contributed by atoms with Gasteiger partial charge in [0.2, 0.25) is 15.9 Å². The van der Waals surface area contributed by atoms with Gasteiger partial charge in [0.25, 0.3) is 0 Å². The van der Waals surface area contributed by atoms with Crippen molar-refractivity contribution < 1.29 is 13.2 Å². The number of hydrogen-bond donors (Lipinski definition) is 2. The zero-order valence-electron chi connectivity index (χ0n) is 19.4. The van der Waals surface area contributed by atoms with Crippen molar-refractivity contribution in [2.45, 2.75) is 43.5 Å². The van der Waals surface area contributed by atoms with Gasteiger partial charge in [0, 0.05) is 22.7 Å². The van der Waals surface area contributed by atoms with Gasteiger partial charge in [-0.05, 0) is 74.6 Å². The molecule has 1 amide bonds. The maximum Gasteiger partial charge on any atom is 0.241 e. The summed E-state index contributed by atoms with van der Waals surface area (Å²) in [5.41, 5.74) is 2.99. The number of nitriles is 1. The first kappa shape index (κ1) is 23.7. The van der Waals surface area contributed by atoms with Crippen LogP contribution in [0.2, 0.25) is 0 Å². The van der Waals surface area contributed by atoms with Gasteiger partial charge in [0.05, 0.1) is 16.5 Å². The topological polar surface area (TPSA) is 99.1 Å². The third-order valence-electron chi connectivity index (χ3n) is 5.65. The van der Waals surface area contributed by atoms with Crippen LogP contribution in [0.5, 0.6) is 0 Å². The number of rotatable bonds is 6. The molecule has 174 valence electrons. The summed E-state index contributed by atoms with van der Waals surface area (Å²) < 4.78 is 28.6. The van der Waals surface area contributed by atoms with Crippen molar-refractivity contribution in [3.05, 3.63) is 83.9 Å². The Morgan fingerprint density at radius 2 is 1.71 bits per heavy atom. The molecule has 2 atom stereocenters. The number of carbonyl (C=O) groups excluding carboxylic acids is 1. The fourth-order valence-electron chi connectivity index (χ4n) is 4.06. The van der Waals surface area contributed by atoms with Crippen LogP contribution < -0.4 is 10.0 Å². The summed E-state index contributed by atoms with van der Waals surface area (Å²) in [5, 5.41) is 12.0. The third-order valence-corrected chi connectivity index (χ3v) is 7.47. The Morgan fingerprint density at radius 3 is 2.38 bits per heavy atom. The summed E-state index contributed by atoms with van der Waals surface area (Å²) in [5.74, 6) is -0.0552. The van der Waals surface area contributed by atoms with Crippen LogP contribution in [0, 0.1) is 17.2 Å². The first-order valence-corrected chi connectivity index (χ1v) is 12.6. The fraction of sp³-hybridized carbons (Fsp3) is 0.259. The molecule has 0 spiro atoms. The molecular weight excluding hydrogens is 446 g/mol. The summed E-state index contributed by atoms with van der Waals surface area (Å²) in [6.07, 6.45) is 0.755. The molecule has 1 saturated carbocycles. The van der Waals surface area contributed by atoms with E-state index in [9.17, 15) is 13.2 Å². The molecule has 2 N–H and O–H groups in total. The van der Waals surface area contributed by atoms with Crippen molar-refractivity contribution in [1.29, 1.82) is 5.26 Å². The third kappa shape index (κ3) is 5.36. The van der Waals surface area contributed by atoms with E-state index in [1.54, 1.807) is 63.2 Å². The summed E-state index contributed by atoms with van der Waals surface area (Å²) in [7, 11) is -3.71. The van der Waals surface area contributed by atoms with Gasteiger partial charge in [-0.2, -0.15) is 5.26 Å². The van der Waals surface area contributed by atoms with E-state index in [-0.39, 0.29) is 22.6 Å². The molecule has 0 aliphatic heterocycles. The molecule has 6 nitrogen and oxygen atoms in total. The molecule has 1 aliphatic carbocycles. The average molecular weight is 474 g/mol. The maximum absolute atomic E-state index is 12.9. The van der Waals surface area contributed by atoms with Crippen LogP contribution in [0.3, 0.4) is 0 Å². The molecule has 34 heavy (non-hydrogen) atoms. The highest BCUT2D eigenvalue weighted by Crippen LogP contribution is 2.48. The fourth-order valence-corrected chi connectivity index (χ4v) is 5.71. The van der Waals surface area contributed by atoms with Crippen molar-refractivity contribution in [3.8, 4) is 17.2 Å². The van der Waals surface area contributed by atoms with Gasteiger partial charge < -0.3 is 5.32 Å². The van der Waals surface area contributed by atoms with E-state index in [4.69, 9.17) is 5.26 Å². The van der Waals surface area contributed by atoms with Crippen LogP contribution in [-0.2, 0) is 14.8 Å². The van der Waals surface area contributed by atoms with E-state index < -0.39 is 15.6 Å². The summed E-state index contributed by atoms with van der Waals surface area (Å²) in [6.45, 7) is 5.40.